The van der Waals surface area contributed by atoms with Crippen LogP contribution in [0.3, 0.4) is 0 Å². The van der Waals surface area contributed by atoms with E-state index in [1.807, 2.05) is 6.92 Å². The van der Waals surface area contributed by atoms with Crippen LogP contribution in [0, 0.1) is 10.1 Å². The van der Waals surface area contributed by atoms with Gasteiger partial charge in [-0.3, -0.25) is 10.1 Å². The normalized spacial score (nSPS) is 14.9. The molecule has 0 aliphatic heterocycles. The first-order valence-corrected chi connectivity index (χ1v) is 8.13. The number of nitro benzene ring substituents is 1. The van der Waals surface area contributed by atoms with E-state index < -0.39 is 14.8 Å². The molecule has 0 fully saturated rings. The molecule has 5 nitrogen and oxygen atoms in total. The Hall–Kier alpha value is -1.14. The molecule has 1 aromatic carbocycles. The van der Waals surface area contributed by atoms with E-state index in [9.17, 15) is 18.5 Å². The van der Waals surface area contributed by atoms with Crippen LogP contribution in [0.2, 0.25) is 0 Å². The highest BCUT2D eigenvalue weighted by molar-refractivity contribution is 7.90. The lowest BCUT2D eigenvalue weighted by atomic mass is 9.94. The van der Waals surface area contributed by atoms with Crippen LogP contribution in [0.1, 0.15) is 31.7 Å². The fourth-order valence-electron chi connectivity index (χ4n) is 1.85. The molecular formula is C12H16ClNO4S. The van der Waals surface area contributed by atoms with Crippen LogP contribution in [0.25, 0.3) is 0 Å². The average molecular weight is 306 g/mol. The molecule has 0 saturated heterocycles. The molecule has 7 heteroatoms. The average Bonchev–Trinajstić information content (AvgIpc) is 2.35. The minimum Gasteiger partial charge on any atom is -0.258 e. The summed E-state index contributed by atoms with van der Waals surface area (Å²) in [6.07, 6.45) is 1.69. The number of hydrogen-bond acceptors (Lipinski definition) is 4. The van der Waals surface area contributed by atoms with Crippen molar-refractivity contribution in [3.63, 3.8) is 0 Å². The fraction of sp³-hybridized carbons (Fsp3) is 0.500. The number of alkyl halides is 1. The molecule has 106 valence electrons. The quantitative estimate of drug-likeness (QED) is 0.476. The highest BCUT2D eigenvalue weighted by Crippen LogP contribution is 2.33. The van der Waals surface area contributed by atoms with Gasteiger partial charge in [0.2, 0.25) is 0 Å². The number of rotatable bonds is 5. The predicted octanol–water partition coefficient (Wildman–Crippen LogP) is 3.12. The van der Waals surface area contributed by atoms with Crippen molar-refractivity contribution < 1.29 is 13.3 Å². The standard InChI is InChI=1S/C12H16ClNO4S/c1-4-11(13)8(2)10-6-5-9(19(3,17)18)7-12(10)14(15)16/h5-8,11H,4H2,1-3H3. The highest BCUT2D eigenvalue weighted by atomic mass is 35.5. The smallest absolute Gasteiger partial charge is 0.258 e. The van der Waals surface area contributed by atoms with E-state index in [2.05, 4.69) is 0 Å². The van der Waals surface area contributed by atoms with Gasteiger partial charge in [0.15, 0.2) is 9.84 Å². The van der Waals surface area contributed by atoms with Gasteiger partial charge in [-0.15, -0.1) is 11.6 Å². The molecule has 2 unspecified atom stereocenters. The van der Waals surface area contributed by atoms with Crippen molar-refractivity contribution in [1.82, 2.24) is 0 Å². The third kappa shape index (κ3) is 3.67. The molecule has 19 heavy (non-hydrogen) atoms. The third-order valence-corrected chi connectivity index (χ3v) is 4.85. The van der Waals surface area contributed by atoms with Gasteiger partial charge in [-0.2, -0.15) is 0 Å². The zero-order valence-corrected chi connectivity index (χ0v) is 12.5. The van der Waals surface area contributed by atoms with Crippen LogP contribution in [-0.2, 0) is 9.84 Å². The summed E-state index contributed by atoms with van der Waals surface area (Å²) >= 11 is 6.12. The molecule has 1 aromatic rings. The van der Waals surface area contributed by atoms with Crippen LogP contribution in [0.15, 0.2) is 23.1 Å². The van der Waals surface area contributed by atoms with Gasteiger partial charge in [0.25, 0.3) is 5.69 Å². The third-order valence-electron chi connectivity index (χ3n) is 3.05. The number of nitrogens with zero attached hydrogens (tertiary/aromatic N) is 1. The van der Waals surface area contributed by atoms with E-state index in [0.717, 1.165) is 12.3 Å². The second kappa shape index (κ2) is 5.88. The molecule has 1 rings (SSSR count). The minimum atomic E-state index is -3.46. The van der Waals surface area contributed by atoms with Gasteiger partial charge in [-0.05, 0) is 12.5 Å². The molecule has 0 aliphatic rings. The largest absolute Gasteiger partial charge is 0.274 e. The van der Waals surface area contributed by atoms with Crippen LogP contribution in [0.5, 0.6) is 0 Å². The molecule has 0 bridgehead atoms. The van der Waals surface area contributed by atoms with Crippen molar-refractivity contribution in [1.29, 1.82) is 0 Å². The second-order valence-electron chi connectivity index (χ2n) is 4.46. The predicted molar refractivity (Wildman–Crippen MR) is 74.6 cm³/mol. The van der Waals surface area contributed by atoms with Crippen LogP contribution in [0.4, 0.5) is 5.69 Å². The monoisotopic (exact) mass is 305 g/mol. The first-order valence-electron chi connectivity index (χ1n) is 5.81. The Morgan fingerprint density at radius 2 is 2.00 bits per heavy atom. The van der Waals surface area contributed by atoms with E-state index in [0.29, 0.717) is 12.0 Å². The van der Waals surface area contributed by atoms with E-state index in [1.54, 1.807) is 6.92 Å². The number of nitro groups is 1. The lowest BCUT2D eigenvalue weighted by Crippen LogP contribution is -2.11. The number of sulfone groups is 1. The maximum absolute atomic E-state index is 11.4. The van der Waals surface area contributed by atoms with Crippen LogP contribution < -0.4 is 0 Å². The first kappa shape index (κ1) is 15.9. The van der Waals surface area contributed by atoms with E-state index in [1.165, 1.54) is 12.1 Å². The highest BCUT2D eigenvalue weighted by Gasteiger charge is 2.25. The van der Waals surface area contributed by atoms with E-state index in [-0.39, 0.29) is 21.9 Å². The van der Waals surface area contributed by atoms with E-state index in [4.69, 9.17) is 11.6 Å². The van der Waals surface area contributed by atoms with Gasteiger partial charge < -0.3 is 0 Å². The molecule has 2 atom stereocenters. The Bertz CT molecular complexity index is 585. The Labute approximate surface area is 117 Å². The molecule has 0 radical (unpaired) electrons. The van der Waals surface area contributed by atoms with Crippen molar-refractivity contribution in [3.8, 4) is 0 Å². The lowest BCUT2D eigenvalue weighted by Gasteiger charge is -2.17. The summed E-state index contributed by atoms with van der Waals surface area (Å²) in [5, 5.41) is 10.9. The summed E-state index contributed by atoms with van der Waals surface area (Å²) < 4.78 is 22.9. The first-order chi connectivity index (χ1) is 8.68. The zero-order chi connectivity index (χ0) is 14.8. The van der Waals surface area contributed by atoms with Crippen molar-refractivity contribution >= 4 is 27.1 Å². The lowest BCUT2D eigenvalue weighted by molar-refractivity contribution is -0.385. The van der Waals surface area contributed by atoms with Gasteiger partial charge in [-0.1, -0.05) is 19.9 Å². The molecular weight excluding hydrogens is 290 g/mol. The van der Waals surface area contributed by atoms with Crippen LogP contribution in [-0.4, -0.2) is 25.0 Å². The van der Waals surface area contributed by atoms with Crippen molar-refractivity contribution in [2.75, 3.05) is 6.26 Å². The van der Waals surface area contributed by atoms with Gasteiger partial charge in [0.1, 0.15) is 0 Å². The maximum Gasteiger partial charge on any atom is 0.274 e. The fourth-order valence-corrected chi connectivity index (χ4v) is 2.62. The minimum absolute atomic E-state index is 0.0576. The summed E-state index contributed by atoms with van der Waals surface area (Å²) in [5.74, 6) is -0.222. The van der Waals surface area contributed by atoms with Crippen molar-refractivity contribution in [3.05, 3.63) is 33.9 Å². The summed E-state index contributed by atoms with van der Waals surface area (Å²) in [4.78, 5) is 10.5. The number of hydrogen-bond donors (Lipinski definition) is 0. The van der Waals surface area contributed by atoms with Gasteiger partial charge >= 0.3 is 0 Å². The van der Waals surface area contributed by atoms with Gasteiger partial charge in [-0.25, -0.2) is 8.42 Å². The summed E-state index contributed by atoms with van der Waals surface area (Å²) in [7, 11) is -3.46. The number of halogens is 1. The topological polar surface area (TPSA) is 77.3 Å². The summed E-state index contributed by atoms with van der Waals surface area (Å²) in [6, 6.07) is 3.96. The Kier molecular flexibility index (Phi) is 4.92. The molecule has 0 amide bonds. The molecule has 0 saturated carbocycles. The molecule has 0 heterocycles. The maximum atomic E-state index is 11.4. The number of benzene rings is 1. The van der Waals surface area contributed by atoms with Crippen LogP contribution >= 0.6 is 11.6 Å². The SMILES string of the molecule is CCC(Cl)C(C)c1ccc(S(C)(=O)=O)cc1[N+](=O)[O-]. The van der Waals surface area contributed by atoms with E-state index >= 15 is 0 Å². The second-order valence-corrected chi connectivity index (χ2v) is 7.04. The summed E-state index contributed by atoms with van der Waals surface area (Å²) in [6.45, 7) is 3.69. The molecule has 0 aliphatic carbocycles. The molecule has 0 aromatic heterocycles. The Morgan fingerprint density at radius 3 is 2.42 bits per heavy atom. The zero-order valence-electron chi connectivity index (χ0n) is 11.0. The Balaban J connectivity index is 3.39. The van der Waals surface area contributed by atoms with Gasteiger partial charge in [0, 0.05) is 29.2 Å². The molecule has 0 N–H and O–H groups in total. The van der Waals surface area contributed by atoms with Crippen molar-refractivity contribution in [2.45, 2.75) is 36.5 Å². The van der Waals surface area contributed by atoms with Crippen molar-refractivity contribution in [2.24, 2.45) is 0 Å². The Morgan fingerprint density at radius 1 is 1.42 bits per heavy atom. The summed E-state index contributed by atoms with van der Waals surface area (Å²) in [5.41, 5.74) is 0.258. The van der Waals surface area contributed by atoms with Gasteiger partial charge in [0.05, 0.1) is 9.82 Å². The molecule has 0 spiro atoms.